The van der Waals surface area contributed by atoms with E-state index in [9.17, 15) is 9.59 Å². The zero-order valence-electron chi connectivity index (χ0n) is 14.3. The molecule has 6 aliphatic carbocycles. The fourth-order valence-corrected chi connectivity index (χ4v) is 7.68. The summed E-state index contributed by atoms with van der Waals surface area (Å²) in [4.78, 5) is 27.1. The van der Waals surface area contributed by atoms with Crippen molar-refractivity contribution in [3.05, 3.63) is 23.3 Å². The smallest absolute Gasteiger partial charge is 0.234 e. The first-order valence-corrected chi connectivity index (χ1v) is 9.94. The van der Waals surface area contributed by atoms with E-state index in [1.165, 1.54) is 42.6 Å². The van der Waals surface area contributed by atoms with Crippen molar-refractivity contribution >= 4 is 11.8 Å². The molecule has 0 aromatic rings. The van der Waals surface area contributed by atoms with Crippen molar-refractivity contribution in [1.29, 1.82) is 0 Å². The normalized spacial score (nSPS) is 50.6. The highest BCUT2D eigenvalue weighted by atomic mass is 16.2. The second-order valence-electron chi connectivity index (χ2n) is 9.12. The summed E-state index contributed by atoms with van der Waals surface area (Å²) < 4.78 is 0. The van der Waals surface area contributed by atoms with E-state index in [-0.39, 0.29) is 35.5 Å². The van der Waals surface area contributed by atoms with Crippen molar-refractivity contribution in [2.45, 2.75) is 39.0 Å². The number of rotatable bonds is 1. The molecule has 2 amide bonds. The predicted molar refractivity (Wildman–Crippen MR) is 89.6 cm³/mol. The molecule has 3 nitrogen and oxygen atoms in total. The maximum absolute atomic E-state index is 12.8. The molecule has 0 spiro atoms. The van der Waals surface area contributed by atoms with Gasteiger partial charge in [0.05, 0.1) is 11.8 Å². The van der Waals surface area contributed by atoms with E-state index in [1.54, 1.807) is 5.57 Å². The topological polar surface area (TPSA) is 37.4 Å². The molecule has 1 heterocycles. The highest BCUT2D eigenvalue weighted by Gasteiger charge is 2.62. The highest BCUT2D eigenvalue weighted by Crippen LogP contribution is 2.63. The van der Waals surface area contributed by atoms with Gasteiger partial charge in [0.25, 0.3) is 0 Å². The number of imide groups is 1. The van der Waals surface area contributed by atoms with Gasteiger partial charge < -0.3 is 0 Å². The Morgan fingerprint density at radius 3 is 1.79 bits per heavy atom. The first-order chi connectivity index (χ1) is 11.7. The highest BCUT2D eigenvalue weighted by molar-refractivity contribution is 6.07. The van der Waals surface area contributed by atoms with Crippen LogP contribution in [0, 0.1) is 47.3 Å². The van der Waals surface area contributed by atoms with Crippen LogP contribution in [0.3, 0.4) is 0 Å². The molecule has 7 rings (SSSR count). The van der Waals surface area contributed by atoms with E-state index in [2.05, 4.69) is 12.2 Å². The van der Waals surface area contributed by atoms with E-state index in [0.29, 0.717) is 6.54 Å². The molecule has 0 aromatic carbocycles. The third kappa shape index (κ3) is 1.46. The maximum Gasteiger partial charge on any atom is 0.234 e. The Kier molecular flexibility index (Phi) is 2.55. The lowest BCUT2D eigenvalue weighted by Gasteiger charge is -2.52. The number of carbonyl (C=O) groups is 2. The van der Waals surface area contributed by atoms with Crippen molar-refractivity contribution in [3.63, 3.8) is 0 Å². The largest absolute Gasteiger partial charge is 0.282 e. The van der Waals surface area contributed by atoms with E-state index in [4.69, 9.17) is 0 Å². The number of carbonyl (C=O) groups excluding carboxylic acids is 2. The molecule has 24 heavy (non-hydrogen) atoms. The number of fused-ring (bicyclic) bond motifs is 5. The monoisotopic (exact) mass is 323 g/mol. The van der Waals surface area contributed by atoms with E-state index < -0.39 is 0 Å². The van der Waals surface area contributed by atoms with Crippen molar-refractivity contribution in [2.75, 3.05) is 6.54 Å². The van der Waals surface area contributed by atoms with Gasteiger partial charge >= 0.3 is 0 Å². The Balaban J connectivity index is 1.45. The average molecular weight is 323 g/mol. The molecule has 0 N–H and O–H groups in total. The standard InChI is InChI=1S/C21H25NO2/c1-2-22-20(23)18-14-3-4-15(19(18)21(22)24)17(14)16-12-6-10-5-11(8-12)9-13(16)7-10/h3-4,10-15,18-19H,2,5-9H2,1H3/t10?,11?,12?,13?,14-,15-,18+,19+/m1/s1. The first-order valence-electron chi connectivity index (χ1n) is 9.94. The summed E-state index contributed by atoms with van der Waals surface area (Å²) in [7, 11) is 0. The summed E-state index contributed by atoms with van der Waals surface area (Å²) in [6.07, 6.45) is 11.5. The Morgan fingerprint density at radius 2 is 1.33 bits per heavy atom. The second-order valence-corrected chi connectivity index (χ2v) is 9.12. The summed E-state index contributed by atoms with van der Waals surface area (Å²) in [5, 5.41) is 0. The van der Waals surface area contributed by atoms with Gasteiger partial charge in [0, 0.05) is 18.4 Å². The molecule has 0 unspecified atom stereocenters. The summed E-state index contributed by atoms with van der Waals surface area (Å²) in [5.74, 6) is 3.99. The van der Waals surface area contributed by atoms with Crippen LogP contribution < -0.4 is 0 Å². The molecule has 126 valence electrons. The van der Waals surface area contributed by atoms with Gasteiger partial charge in [0.1, 0.15) is 0 Å². The van der Waals surface area contributed by atoms with Crippen LogP contribution >= 0.6 is 0 Å². The van der Waals surface area contributed by atoms with Gasteiger partial charge in [-0.1, -0.05) is 23.3 Å². The van der Waals surface area contributed by atoms with Gasteiger partial charge in [-0.05, 0) is 62.7 Å². The molecule has 1 saturated heterocycles. The van der Waals surface area contributed by atoms with Crippen LogP contribution in [-0.4, -0.2) is 23.3 Å². The van der Waals surface area contributed by atoms with Gasteiger partial charge in [-0.15, -0.1) is 0 Å². The quantitative estimate of drug-likeness (QED) is 0.549. The Bertz CT molecular complexity index is 653. The van der Waals surface area contributed by atoms with E-state index >= 15 is 0 Å². The fourth-order valence-electron chi connectivity index (χ4n) is 7.68. The summed E-state index contributed by atoms with van der Waals surface area (Å²) in [5.41, 5.74) is 3.26. The van der Waals surface area contributed by atoms with Crippen molar-refractivity contribution in [1.82, 2.24) is 4.90 Å². The van der Waals surface area contributed by atoms with Crippen molar-refractivity contribution in [3.8, 4) is 0 Å². The van der Waals surface area contributed by atoms with Crippen molar-refractivity contribution < 1.29 is 9.59 Å². The molecule has 6 fully saturated rings. The lowest BCUT2D eigenvalue weighted by Crippen LogP contribution is -2.41. The zero-order chi connectivity index (χ0) is 16.2. The molecule has 0 aromatic heterocycles. The van der Waals surface area contributed by atoms with Crippen molar-refractivity contribution in [2.24, 2.45) is 47.3 Å². The molecule has 6 bridgehead atoms. The van der Waals surface area contributed by atoms with E-state index in [0.717, 1.165) is 23.7 Å². The fraction of sp³-hybridized carbons (Fsp3) is 0.714. The van der Waals surface area contributed by atoms with Gasteiger partial charge in [-0.25, -0.2) is 0 Å². The molecule has 3 heteroatoms. The molecule has 0 radical (unpaired) electrons. The second kappa shape index (κ2) is 4.42. The number of hydrogen-bond acceptors (Lipinski definition) is 2. The SMILES string of the molecule is CCN1C(=O)[C@@H]2[C@@H](C1=O)[C@@H]1C=C[C@@H]2C1=C1C2CC3CC(C2)CC1C3. The third-order valence-corrected chi connectivity index (χ3v) is 8.17. The molecule has 1 aliphatic heterocycles. The van der Waals surface area contributed by atoms with E-state index in [1.807, 2.05) is 6.92 Å². The number of hydrogen-bond donors (Lipinski definition) is 0. The molecule has 4 atom stereocenters. The van der Waals surface area contributed by atoms with Crippen LogP contribution in [0.25, 0.3) is 0 Å². The molecular weight excluding hydrogens is 298 g/mol. The van der Waals surface area contributed by atoms with Crippen LogP contribution in [0.2, 0.25) is 0 Å². The molecule has 5 saturated carbocycles. The van der Waals surface area contributed by atoms with Crippen LogP contribution in [0.4, 0.5) is 0 Å². The summed E-state index contributed by atoms with van der Waals surface area (Å²) >= 11 is 0. The van der Waals surface area contributed by atoms with Gasteiger partial charge in [-0.3, -0.25) is 14.5 Å². The van der Waals surface area contributed by atoms with Crippen LogP contribution in [0.15, 0.2) is 23.3 Å². The molecule has 7 aliphatic rings. The van der Waals surface area contributed by atoms with Crippen LogP contribution in [0.5, 0.6) is 0 Å². The Labute approximate surface area is 143 Å². The number of amides is 2. The lowest BCUT2D eigenvalue weighted by atomic mass is 9.53. The Morgan fingerprint density at radius 1 is 0.833 bits per heavy atom. The summed E-state index contributed by atoms with van der Waals surface area (Å²) in [6, 6.07) is 0. The number of nitrogens with zero attached hydrogens (tertiary/aromatic N) is 1. The minimum Gasteiger partial charge on any atom is -0.282 e. The van der Waals surface area contributed by atoms with Gasteiger partial charge in [0.15, 0.2) is 0 Å². The Hall–Kier alpha value is -1.38. The summed E-state index contributed by atoms with van der Waals surface area (Å²) in [6.45, 7) is 2.45. The number of allylic oxidation sites excluding steroid dienone is 4. The predicted octanol–water partition coefficient (Wildman–Crippen LogP) is 3.18. The minimum atomic E-state index is -0.0767. The zero-order valence-corrected chi connectivity index (χ0v) is 14.3. The minimum absolute atomic E-state index is 0.0767. The average Bonchev–Trinajstić information content (AvgIpc) is 3.17. The van der Waals surface area contributed by atoms with Gasteiger partial charge in [-0.2, -0.15) is 0 Å². The lowest BCUT2D eigenvalue weighted by molar-refractivity contribution is -0.140. The first kappa shape index (κ1) is 13.9. The van der Waals surface area contributed by atoms with Crippen LogP contribution in [0.1, 0.15) is 39.0 Å². The third-order valence-electron chi connectivity index (χ3n) is 8.17. The number of likely N-dealkylation sites (tertiary alicyclic amines) is 1. The van der Waals surface area contributed by atoms with Crippen LogP contribution in [-0.2, 0) is 9.59 Å². The van der Waals surface area contributed by atoms with Gasteiger partial charge in [0.2, 0.25) is 11.8 Å². The molecular formula is C21H25NO2. The maximum atomic E-state index is 12.8.